The Morgan fingerprint density at radius 2 is 2.27 bits per heavy atom. The van der Waals surface area contributed by atoms with Crippen LogP contribution in [0.25, 0.3) is 0 Å². The SMILES string of the molecule is C/C=C/C(=O)NC[C@H](C(C)C)[N+]([O-])=NO. The zero-order valence-electron chi connectivity index (χ0n) is 9.17. The largest absolute Gasteiger partial charge is 0.597 e. The van der Waals surface area contributed by atoms with Crippen LogP contribution in [0.15, 0.2) is 17.4 Å². The third-order valence-corrected chi connectivity index (χ3v) is 1.94. The molecular formula is C9H17N3O3. The Labute approximate surface area is 88.8 Å². The molecule has 1 atom stereocenters. The van der Waals surface area contributed by atoms with Crippen LogP contribution in [0, 0.1) is 11.1 Å². The first-order valence-electron chi connectivity index (χ1n) is 4.74. The normalized spacial score (nSPS) is 14.5. The van der Waals surface area contributed by atoms with E-state index in [9.17, 15) is 10.0 Å². The molecule has 0 saturated heterocycles. The van der Waals surface area contributed by atoms with Crippen LogP contribution in [0.5, 0.6) is 0 Å². The molecule has 0 radical (unpaired) electrons. The Balaban J connectivity index is 4.26. The van der Waals surface area contributed by atoms with Gasteiger partial charge in [-0.3, -0.25) is 4.79 Å². The average Bonchev–Trinajstić information content (AvgIpc) is 2.17. The molecule has 15 heavy (non-hydrogen) atoms. The number of nitrogens with one attached hydrogen (secondary N) is 1. The van der Waals surface area contributed by atoms with Crippen LogP contribution in [-0.4, -0.2) is 28.6 Å². The summed E-state index contributed by atoms with van der Waals surface area (Å²) in [6.45, 7) is 5.49. The summed E-state index contributed by atoms with van der Waals surface area (Å²) in [4.78, 5) is 11.3. The van der Waals surface area contributed by atoms with E-state index < -0.39 is 6.04 Å². The van der Waals surface area contributed by atoms with Gasteiger partial charge in [0.05, 0.1) is 6.54 Å². The number of allylic oxidation sites excluding steroid dienone is 1. The summed E-state index contributed by atoms with van der Waals surface area (Å²) < 4.78 is 0. The van der Waals surface area contributed by atoms with Crippen molar-refractivity contribution < 1.29 is 14.9 Å². The van der Waals surface area contributed by atoms with Gasteiger partial charge in [-0.1, -0.05) is 24.8 Å². The van der Waals surface area contributed by atoms with E-state index in [4.69, 9.17) is 5.21 Å². The molecule has 0 saturated carbocycles. The molecule has 0 bridgehead atoms. The summed E-state index contributed by atoms with van der Waals surface area (Å²) in [5.41, 5.74) is 0. The van der Waals surface area contributed by atoms with Gasteiger partial charge in [-0.2, -0.15) is 0 Å². The molecule has 0 rings (SSSR count). The van der Waals surface area contributed by atoms with Crippen molar-refractivity contribution in [3.05, 3.63) is 17.4 Å². The summed E-state index contributed by atoms with van der Waals surface area (Å²) in [5.74, 6) is -0.293. The Bertz CT molecular complexity index is 261. The molecule has 0 aliphatic carbocycles. The maximum atomic E-state index is 11.1. The second-order valence-electron chi connectivity index (χ2n) is 3.45. The van der Waals surface area contributed by atoms with Crippen molar-refractivity contribution in [2.45, 2.75) is 26.8 Å². The maximum absolute atomic E-state index is 11.1. The number of carbonyl (C=O) groups excluding carboxylic acids is 1. The van der Waals surface area contributed by atoms with E-state index in [2.05, 4.69) is 10.6 Å². The minimum Gasteiger partial charge on any atom is -0.597 e. The van der Waals surface area contributed by atoms with Crippen LogP contribution in [0.3, 0.4) is 0 Å². The van der Waals surface area contributed by atoms with Gasteiger partial charge in [0, 0.05) is 5.92 Å². The molecule has 0 spiro atoms. The summed E-state index contributed by atoms with van der Waals surface area (Å²) in [6, 6.07) is -0.566. The van der Waals surface area contributed by atoms with Crippen molar-refractivity contribution in [1.29, 1.82) is 0 Å². The number of hydrogen-bond donors (Lipinski definition) is 2. The fraction of sp³-hybridized carbons (Fsp3) is 0.667. The van der Waals surface area contributed by atoms with E-state index in [0.717, 1.165) is 0 Å². The van der Waals surface area contributed by atoms with Crippen LogP contribution in [0.2, 0.25) is 0 Å². The molecule has 1 amide bonds. The van der Waals surface area contributed by atoms with Crippen LogP contribution in [0.4, 0.5) is 0 Å². The van der Waals surface area contributed by atoms with Crippen molar-refractivity contribution >= 4 is 5.91 Å². The van der Waals surface area contributed by atoms with E-state index >= 15 is 0 Å². The smallest absolute Gasteiger partial charge is 0.243 e. The van der Waals surface area contributed by atoms with Crippen molar-refractivity contribution in [2.24, 2.45) is 11.2 Å². The molecule has 0 aliphatic rings. The number of amides is 1. The highest BCUT2D eigenvalue weighted by Crippen LogP contribution is 2.04. The lowest BCUT2D eigenvalue weighted by Gasteiger charge is -2.16. The summed E-state index contributed by atoms with van der Waals surface area (Å²) in [6.07, 6.45) is 2.97. The standard InChI is InChI=1S/C9H17N3O3/c1-4-5-9(13)10-6-8(7(2)3)12(15)11-14/h4-5,7-8,14H,6H2,1-3H3,(H,10,13)/b5-4+,12-11?/t8-/m1/s1. The van der Waals surface area contributed by atoms with Gasteiger partial charge >= 0.3 is 0 Å². The predicted molar refractivity (Wildman–Crippen MR) is 54.3 cm³/mol. The molecule has 0 unspecified atom stereocenters. The predicted octanol–water partition coefficient (Wildman–Crippen LogP) is 1.05. The second-order valence-corrected chi connectivity index (χ2v) is 3.45. The van der Waals surface area contributed by atoms with E-state index in [-0.39, 0.29) is 23.2 Å². The fourth-order valence-corrected chi connectivity index (χ4v) is 1.05. The van der Waals surface area contributed by atoms with Crippen LogP contribution < -0.4 is 5.32 Å². The number of rotatable bonds is 5. The molecule has 0 aliphatic heterocycles. The lowest BCUT2D eigenvalue weighted by atomic mass is 10.1. The van der Waals surface area contributed by atoms with Crippen LogP contribution >= 0.6 is 0 Å². The first-order valence-corrected chi connectivity index (χ1v) is 4.74. The van der Waals surface area contributed by atoms with Crippen molar-refractivity contribution in [3.8, 4) is 0 Å². The van der Waals surface area contributed by atoms with Crippen molar-refractivity contribution in [3.63, 3.8) is 0 Å². The molecule has 6 heteroatoms. The van der Waals surface area contributed by atoms with E-state index in [1.807, 2.05) is 13.8 Å². The molecule has 0 heterocycles. The van der Waals surface area contributed by atoms with Crippen LogP contribution in [0.1, 0.15) is 20.8 Å². The summed E-state index contributed by atoms with van der Waals surface area (Å²) in [7, 11) is 0. The van der Waals surface area contributed by atoms with E-state index in [1.165, 1.54) is 6.08 Å². The first-order chi connectivity index (χ1) is 7.02. The van der Waals surface area contributed by atoms with Gasteiger partial charge < -0.3 is 15.7 Å². The number of carbonyl (C=O) groups is 1. The quantitative estimate of drug-likeness (QED) is 0.311. The van der Waals surface area contributed by atoms with E-state index in [1.54, 1.807) is 13.0 Å². The van der Waals surface area contributed by atoms with Crippen LogP contribution in [-0.2, 0) is 4.79 Å². The highest BCUT2D eigenvalue weighted by atomic mass is 16.6. The van der Waals surface area contributed by atoms with E-state index in [0.29, 0.717) is 0 Å². The monoisotopic (exact) mass is 215 g/mol. The Kier molecular flexibility index (Phi) is 6.08. The lowest BCUT2D eigenvalue weighted by Crippen LogP contribution is -2.39. The highest BCUT2D eigenvalue weighted by Gasteiger charge is 2.23. The second kappa shape index (κ2) is 6.80. The summed E-state index contributed by atoms with van der Waals surface area (Å²) >= 11 is 0. The fourth-order valence-electron chi connectivity index (χ4n) is 1.05. The highest BCUT2D eigenvalue weighted by molar-refractivity contribution is 5.87. The molecule has 0 aromatic heterocycles. The molecule has 86 valence electrons. The number of hydrogen-bond acceptors (Lipinski definition) is 3. The number of hydroxylamine groups is 1. The first kappa shape index (κ1) is 13.4. The number of nitrogens with zero attached hydrogens (tertiary/aromatic N) is 2. The van der Waals surface area contributed by atoms with Gasteiger partial charge in [0.2, 0.25) is 11.9 Å². The molecule has 0 aromatic carbocycles. The van der Waals surface area contributed by atoms with Gasteiger partial charge in [-0.05, 0) is 13.0 Å². The third kappa shape index (κ3) is 4.99. The Hall–Kier alpha value is -1.59. The minimum absolute atomic E-state index is 0.0238. The molecule has 2 N–H and O–H groups in total. The molecule has 0 aromatic rings. The Morgan fingerprint density at radius 3 is 2.67 bits per heavy atom. The van der Waals surface area contributed by atoms with Crippen molar-refractivity contribution in [2.75, 3.05) is 6.54 Å². The zero-order chi connectivity index (χ0) is 11.8. The molecule has 0 fully saturated rings. The van der Waals surface area contributed by atoms with Gasteiger partial charge in [0.15, 0.2) is 5.28 Å². The van der Waals surface area contributed by atoms with Gasteiger partial charge in [0.25, 0.3) is 0 Å². The molecule has 6 nitrogen and oxygen atoms in total. The maximum Gasteiger partial charge on any atom is 0.243 e. The summed E-state index contributed by atoms with van der Waals surface area (Å²) in [5, 5.41) is 24.5. The van der Waals surface area contributed by atoms with Gasteiger partial charge in [-0.25, -0.2) is 0 Å². The van der Waals surface area contributed by atoms with Gasteiger partial charge in [-0.15, -0.1) is 0 Å². The zero-order valence-corrected chi connectivity index (χ0v) is 9.17. The Morgan fingerprint density at radius 1 is 1.67 bits per heavy atom. The lowest BCUT2D eigenvalue weighted by molar-refractivity contribution is -0.596. The average molecular weight is 215 g/mol. The third-order valence-electron chi connectivity index (χ3n) is 1.94. The topological polar surface area (TPSA) is 87.8 Å². The van der Waals surface area contributed by atoms with Gasteiger partial charge in [0.1, 0.15) is 0 Å². The molecular weight excluding hydrogens is 198 g/mol. The minimum atomic E-state index is -0.566. The van der Waals surface area contributed by atoms with Crippen molar-refractivity contribution in [1.82, 2.24) is 5.32 Å².